The van der Waals surface area contributed by atoms with E-state index in [1.54, 1.807) is 24.3 Å². The summed E-state index contributed by atoms with van der Waals surface area (Å²) in [6.45, 7) is 1.29. The minimum Gasteiger partial charge on any atom is -0.440 e. The molecule has 0 radical (unpaired) electrons. The second-order valence-electron chi connectivity index (χ2n) is 3.22. The summed E-state index contributed by atoms with van der Waals surface area (Å²) in [5.74, 6) is -0.502. The van der Waals surface area contributed by atoms with Gasteiger partial charge in [0.25, 0.3) is 0 Å². The van der Waals surface area contributed by atoms with E-state index in [0.717, 1.165) is 0 Å². The van der Waals surface area contributed by atoms with Crippen molar-refractivity contribution >= 4 is 22.6 Å². The first-order valence-electron chi connectivity index (χ1n) is 4.43. The Labute approximate surface area is 85.3 Å². The normalized spacial score (nSPS) is 10.5. The third-order valence-corrected chi connectivity index (χ3v) is 2.18. The lowest BCUT2D eigenvalue weighted by atomic mass is 10.1. The summed E-state index contributed by atoms with van der Waals surface area (Å²) < 4.78 is 5.19. The molecule has 0 amide bonds. The summed E-state index contributed by atoms with van der Waals surface area (Å²) in [6, 6.07) is 6.68. The van der Waals surface area contributed by atoms with Crippen molar-refractivity contribution in [3.05, 3.63) is 40.1 Å². The summed E-state index contributed by atoms with van der Waals surface area (Å²) in [5, 5.41) is 0.372. The minimum absolute atomic E-state index is 0.0753. The summed E-state index contributed by atoms with van der Waals surface area (Å²) in [4.78, 5) is 23.0. The maximum atomic E-state index is 11.8. The molecule has 0 bridgehead atoms. The predicted octanol–water partition coefficient (Wildman–Crippen LogP) is 1.58. The Bertz CT molecular complexity index is 598. The van der Waals surface area contributed by atoms with Crippen LogP contribution in [0.25, 0.3) is 11.0 Å². The summed E-state index contributed by atoms with van der Waals surface area (Å²) in [7, 11) is 0. The number of nitrogens with two attached hydrogens (primary N) is 1. The van der Waals surface area contributed by atoms with Crippen LogP contribution in [0, 0.1) is 0 Å². The number of ketones is 1. The topological polar surface area (TPSA) is 73.3 Å². The van der Waals surface area contributed by atoms with Gasteiger partial charge in [-0.15, -0.1) is 0 Å². The molecule has 4 nitrogen and oxygen atoms in total. The van der Waals surface area contributed by atoms with E-state index in [1.165, 1.54) is 6.92 Å². The lowest BCUT2D eigenvalue weighted by Gasteiger charge is -2.02. The largest absolute Gasteiger partial charge is 0.440 e. The Kier molecular flexibility index (Phi) is 2.04. The van der Waals surface area contributed by atoms with Gasteiger partial charge < -0.3 is 10.2 Å². The highest BCUT2D eigenvalue weighted by Gasteiger charge is 2.15. The summed E-state index contributed by atoms with van der Waals surface area (Å²) in [5.41, 5.74) is 5.45. The van der Waals surface area contributed by atoms with Crippen LogP contribution in [0.2, 0.25) is 0 Å². The fourth-order valence-electron chi connectivity index (χ4n) is 1.49. The van der Waals surface area contributed by atoms with E-state index in [9.17, 15) is 9.59 Å². The SMILES string of the molecule is CC(=O)c1c(N)oc2ccccc2c1=O. The molecule has 1 aromatic heterocycles. The van der Waals surface area contributed by atoms with Crippen LogP contribution in [0.15, 0.2) is 33.5 Å². The Morgan fingerprint density at radius 1 is 1.33 bits per heavy atom. The zero-order valence-electron chi connectivity index (χ0n) is 8.11. The number of nitrogen functional groups attached to an aromatic ring is 1. The number of para-hydroxylation sites is 1. The van der Waals surface area contributed by atoms with Gasteiger partial charge in [0.15, 0.2) is 5.78 Å². The fraction of sp³-hybridized carbons (Fsp3) is 0.0909. The third kappa shape index (κ3) is 1.40. The van der Waals surface area contributed by atoms with E-state index in [0.29, 0.717) is 11.0 Å². The first-order chi connectivity index (χ1) is 7.11. The zero-order chi connectivity index (χ0) is 11.0. The van der Waals surface area contributed by atoms with Gasteiger partial charge in [-0.1, -0.05) is 12.1 Å². The summed E-state index contributed by atoms with van der Waals surface area (Å²) in [6.07, 6.45) is 0. The van der Waals surface area contributed by atoms with Crippen LogP contribution in [0.5, 0.6) is 0 Å². The third-order valence-electron chi connectivity index (χ3n) is 2.18. The van der Waals surface area contributed by atoms with Crippen LogP contribution >= 0.6 is 0 Å². The second-order valence-corrected chi connectivity index (χ2v) is 3.22. The number of benzene rings is 1. The van der Waals surface area contributed by atoms with E-state index >= 15 is 0 Å². The van der Waals surface area contributed by atoms with E-state index in [-0.39, 0.29) is 22.7 Å². The van der Waals surface area contributed by atoms with Gasteiger partial charge >= 0.3 is 0 Å². The standard InChI is InChI=1S/C11H9NO3/c1-6(13)9-10(14)7-4-2-3-5-8(7)15-11(9)12/h2-5H,12H2,1H3. The first-order valence-corrected chi connectivity index (χ1v) is 4.43. The van der Waals surface area contributed by atoms with Crippen molar-refractivity contribution in [2.24, 2.45) is 0 Å². The molecule has 76 valence electrons. The lowest BCUT2D eigenvalue weighted by molar-refractivity contribution is 0.101. The van der Waals surface area contributed by atoms with Gasteiger partial charge in [-0.25, -0.2) is 0 Å². The zero-order valence-corrected chi connectivity index (χ0v) is 8.11. The van der Waals surface area contributed by atoms with Crippen molar-refractivity contribution in [2.45, 2.75) is 6.92 Å². The number of hydrogen-bond acceptors (Lipinski definition) is 4. The molecular weight excluding hydrogens is 194 g/mol. The number of carbonyl (C=O) groups is 1. The number of rotatable bonds is 1. The molecule has 1 aromatic carbocycles. The van der Waals surface area contributed by atoms with Crippen LogP contribution in [0.1, 0.15) is 17.3 Å². The summed E-state index contributed by atoms with van der Waals surface area (Å²) >= 11 is 0. The Morgan fingerprint density at radius 2 is 2.00 bits per heavy atom. The molecule has 0 unspecified atom stereocenters. The molecule has 15 heavy (non-hydrogen) atoms. The van der Waals surface area contributed by atoms with E-state index in [2.05, 4.69) is 0 Å². The molecule has 2 N–H and O–H groups in total. The number of anilines is 1. The highest BCUT2D eigenvalue weighted by Crippen LogP contribution is 2.17. The maximum Gasteiger partial charge on any atom is 0.205 e. The monoisotopic (exact) mass is 203 g/mol. The molecule has 0 aliphatic rings. The highest BCUT2D eigenvalue weighted by atomic mass is 16.3. The molecular formula is C11H9NO3. The average Bonchev–Trinajstić information content (AvgIpc) is 2.17. The van der Waals surface area contributed by atoms with E-state index in [4.69, 9.17) is 10.2 Å². The molecule has 0 atom stereocenters. The van der Waals surface area contributed by atoms with Crippen molar-refractivity contribution in [2.75, 3.05) is 5.73 Å². The van der Waals surface area contributed by atoms with Gasteiger partial charge in [0.1, 0.15) is 11.1 Å². The smallest absolute Gasteiger partial charge is 0.205 e. The number of Topliss-reactive ketones (excluding diaryl/α,β-unsaturated/α-hetero) is 1. The van der Waals surface area contributed by atoms with Gasteiger partial charge in [-0.2, -0.15) is 0 Å². The second kappa shape index (κ2) is 3.24. The van der Waals surface area contributed by atoms with Gasteiger partial charge in [0.2, 0.25) is 11.3 Å². The van der Waals surface area contributed by atoms with Gasteiger partial charge in [0, 0.05) is 0 Å². The molecule has 1 heterocycles. The fourth-order valence-corrected chi connectivity index (χ4v) is 1.49. The van der Waals surface area contributed by atoms with Crippen LogP contribution in [0.3, 0.4) is 0 Å². The molecule has 0 spiro atoms. The van der Waals surface area contributed by atoms with Gasteiger partial charge in [-0.3, -0.25) is 9.59 Å². The molecule has 0 aliphatic carbocycles. The number of fused-ring (bicyclic) bond motifs is 1. The van der Waals surface area contributed by atoms with Crippen molar-refractivity contribution in [3.8, 4) is 0 Å². The predicted molar refractivity (Wildman–Crippen MR) is 56.9 cm³/mol. The average molecular weight is 203 g/mol. The van der Waals surface area contributed by atoms with Crippen molar-refractivity contribution in [3.63, 3.8) is 0 Å². The minimum atomic E-state index is -0.382. The van der Waals surface area contributed by atoms with Crippen LogP contribution in [-0.2, 0) is 0 Å². The van der Waals surface area contributed by atoms with Gasteiger partial charge in [-0.05, 0) is 19.1 Å². The lowest BCUT2D eigenvalue weighted by Crippen LogP contribution is -2.15. The van der Waals surface area contributed by atoms with E-state index in [1.807, 2.05) is 0 Å². The van der Waals surface area contributed by atoms with Crippen LogP contribution in [-0.4, -0.2) is 5.78 Å². The Morgan fingerprint density at radius 3 is 2.67 bits per heavy atom. The van der Waals surface area contributed by atoms with E-state index < -0.39 is 0 Å². The maximum absolute atomic E-state index is 11.8. The molecule has 2 rings (SSSR count). The highest BCUT2D eigenvalue weighted by molar-refractivity contribution is 6.00. The van der Waals surface area contributed by atoms with Gasteiger partial charge in [0.05, 0.1) is 5.39 Å². The number of carbonyl (C=O) groups excluding carboxylic acids is 1. The molecule has 0 fully saturated rings. The van der Waals surface area contributed by atoms with Crippen LogP contribution < -0.4 is 11.2 Å². The van der Waals surface area contributed by atoms with Crippen molar-refractivity contribution < 1.29 is 9.21 Å². The Hall–Kier alpha value is -2.10. The molecule has 0 saturated heterocycles. The molecule has 2 aromatic rings. The van der Waals surface area contributed by atoms with Crippen molar-refractivity contribution in [1.29, 1.82) is 0 Å². The van der Waals surface area contributed by atoms with Crippen molar-refractivity contribution in [1.82, 2.24) is 0 Å². The van der Waals surface area contributed by atoms with Crippen LogP contribution in [0.4, 0.5) is 5.88 Å². The number of hydrogen-bond donors (Lipinski definition) is 1. The molecule has 4 heteroatoms. The quantitative estimate of drug-likeness (QED) is 0.714. The molecule has 0 saturated carbocycles. The Balaban J connectivity index is 2.97. The first kappa shape index (κ1) is 9.45. The molecule has 0 aliphatic heterocycles.